The van der Waals surface area contributed by atoms with Crippen molar-refractivity contribution in [1.29, 1.82) is 0 Å². The van der Waals surface area contributed by atoms with Gasteiger partial charge in [-0.25, -0.2) is 0 Å². The number of carbonyl (C=O) groups excluding carboxylic acids is 1. The maximum absolute atomic E-state index is 11.8. The molecule has 0 radical (unpaired) electrons. The maximum Gasteiger partial charge on any atom is 0.251 e. The fourth-order valence-corrected chi connectivity index (χ4v) is 1.94. The van der Waals surface area contributed by atoms with Gasteiger partial charge >= 0.3 is 0 Å². The second-order valence-corrected chi connectivity index (χ2v) is 5.35. The molecule has 2 N–H and O–H groups in total. The standard InChI is InChI=1S/C17H27NO3/c1-3-4-5-6-7-12-21-16-10-8-15(9-11-16)17(20)18-13-14(2)19/h8-11,14,19H,3-7,12-13H2,1-2H3,(H,18,20)/t14-/m1/s1. The highest BCUT2D eigenvalue weighted by Gasteiger charge is 2.06. The summed E-state index contributed by atoms with van der Waals surface area (Å²) in [6, 6.07) is 7.10. The van der Waals surface area contributed by atoms with Gasteiger partial charge in [-0.05, 0) is 37.6 Å². The molecular formula is C17H27NO3. The fraction of sp³-hybridized carbons (Fsp3) is 0.588. The summed E-state index contributed by atoms with van der Waals surface area (Å²) in [6.45, 7) is 4.82. The van der Waals surface area contributed by atoms with Crippen LogP contribution in [0.5, 0.6) is 5.75 Å². The van der Waals surface area contributed by atoms with Crippen molar-refractivity contribution in [2.45, 2.75) is 52.1 Å². The summed E-state index contributed by atoms with van der Waals surface area (Å²) in [5.74, 6) is 0.611. The number of hydrogen-bond acceptors (Lipinski definition) is 3. The molecule has 0 aliphatic heterocycles. The number of nitrogens with one attached hydrogen (secondary N) is 1. The smallest absolute Gasteiger partial charge is 0.251 e. The molecule has 0 saturated heterocycles. The Morgan fingerprint density at radius 3 is 2.48 bits per heavy atom. The quantitative estimate of drug-likeness (QED) is 0.652. The van der Waals surface area contributed by atoms with E-state index in [0.717, 1.165) is 18.8 Å². The minimum Gasteiger partial charge on any atom is -0.494 e. The first kappa shape index (κ1) is 17.5. The van der Waals surface area contributed by atoms with Crippen molar-refractivity contribution in [3.8, 4) is 5.75 Å². The van der Waals surface area contributed by atoms with Crippen molar-refractivity contribution in [2.24, 2.45) is 0 Å². The molecule has 1 atom stereocenters. The first-order valence-corrected chi connectivity index (χ1v) is 7.82. The number of hydrogen-bond donors (Lipinski definition) is 2. The van der Waals surface area contributed by atoms with Gasteiger partial charge in [-0.3, -0.25) is 4.79 Å². The lowest BCUT2D eigenvalue weighted by Gasteiger charge is -2.09. The Balaban J connectivity index is 2.28. The Morgan fingerprint density at radius 1 is 1.19 bits per heavy atom. The summed E-state index contributed by atoms with van der Waals surface area (Å²) in [4.78, 5) is 11.8. The van der Waals surface area contributed by atoms with Crippen molar-refractivity contribution >= 4 is 5.91 Å². The average molecular weight is 293 g/mol. The molecule has 0 aliphatic carbocycles. The van der Waals surface area contributed by atoms with E-state index in [1.807, 2.05) is 12.1 Å². The molecule has 1 aromatic rings. The number of rotatable bonds is 10. The third-order valence-electron chi connectivity index (χ3n) is 3.19. The Hall–Kier alpha value is -1.55. The van der Waals surface area contributed by atoms with Crippen LogP contribution in [0.15, 0.2) is 24.3 Å². The van der Waals surface area contributed by atoms with Crippen molar-refractivity contribution in [3.63, 3.8) is 0 Å². The highest BCUT2D eigenvalue weighted by Crippen LogP contribution is 2.13. The van der Waals surface area contributed by atoms with E-state index >= 15 is 0 Å². The highest BCUT2D eigenvalue weighted by molar-refractivity contribution is 5.94. The van der Waals surface area contributed by atoms with Crippen LogP contribution < -0.4 is 10.1 Å². The van der Waals surface area contributed by atoms with Gasteiger partial charge in [0, 0.05) is 12.1 Å². The zero-order chi connectivity index (χ0) is 15.5. The molecule has 0 spiro atoms. The van der Waals surface area contributed by atoms with E-state index in [4.69, 9.17) is 9.84 Å². The molecule has 0 unspecified atom stereocenters. The number of benzene rings is 1. The summed E-state index contributed by atoms with van der Waals surface area (Å²) in [7, 11) is 0. The van der Waals surface area contributed by atoms with Crippen LogP contribution in [0.1, 0.15) is 56.3 Å². The van der Waals surface area contributed by atoms with Crippen LogP contribution in [-0.4, -0.2) is 30.3 Å². The lowest BCUT2D eigenvalue weighted by molar-refractivity contribution is 0.0924. The first-order chi connectivity index (χ1) is 10.1. The zero-order valence-electron chi connectivity index (χ0n) is 13.1. The third-order valence-corrected chi connectivity index (χ3v) is 3.19. The van der Waals surface area contributed by atoms with E-state index in [9.17, 15) is 4.79 Å². The van der Waals surface area contributed by atoms with Gasteiger partial charge in [0.1, 0.15) is 5.75 Å². The minimum absolute atomic E-state index is 0.179. The second-order valence-electron chi connectivity index (χ2n) is 5.35. The van der Waals surface area contributed by atoms with E-state index in [1.54, 1.807) is 19.1 Å². The average Bonchev–Trinajstić information content (AvgIpc) is 2.49. The molecule has 0 saturated carbocycles. The van der Waals surface area contributed by atoms with Crippen LogP contribution in [-0.2, 0) is 0 Å². The van der Waals surface area contributed by atoms with E-state index in [-0.39, 0.29) is 12.5 Å². The van der Waals surface area contributed by atoms with Crippen molar-refractivity contribution in [2.75, 3.05) is 13.2 Å². The highest BCUT2D eigenvalue weighted by atomic mass is 16.5. The predicted octanol–water partition coefficient (Wildman–Crippen LogP) is 3.15. The largest absolute Gasteiger partial charge is 0.494 e. The summed E-state index contributed by atoms with van der Waals surface area (Å²) in [5, 5.41) is 11.8. The van der Waals surface area contributed by atoms with Crippen LogP contribution in [0, 0.1) is 0 Å². The Labute approximate surface area is 127 Å². The minimum atomic E-state index is -0.538. The van der Waals surface area contributed by atoms with Crippen LogP contribution in [0.2, 0.25) is 0 Å². The summed E-state index contributed by atoms with van der Waals surface area (Å²) >= 11 is 0. The predicted molar refractivity (Wildman–Crippen MR) is 84.7 cm³/mol. The van der Waals surface area contributed by atoms with Gasteiger partial charge in [-0.2, -0.15) is 0 Å². The molecule has 0 fully saturated rings. The van der Waals surface area contributed by atoms with E-state index < -0.39 is 6.10 Å². The van der Waals surface area contributed by atoms with E-state index in [1.165, 1.54) is 25.7 Å². The van der Waals surface area contributed by atoms with E-state index in [0.29, 0.717) is 5.56 Å². The van der Waals surface area contributed by atoms with Crippen LogP contribution >= 0.6 is 0 Å². The molecule has 0 bridgehead atoms. The lowest BCUT2D eigenvalue weighted by atomic mass is 10.2. The molecule has 1 aromatic carbocycles. The van der Waals surface area contributed by atoms with E-state index in [2.05, 4.69) is 12.2 Å². The third kappa shape index (κ3) is 7.71. The van der Waals surface area contributed by atoms with Gasteiger partial charge in [-0.15, -0.1) is 0 Å². The normalized spacial score (nSPS) is 12.0. The van der Waals surface area contributed by atoms with Crippen molar-refractivity contribution in [3.05, 3.63) is 29.8 Å². The molecule has 0 aliphatic rings. The Bertz CT molecular complexity index is 401. The van der Waals surface area contributed by atoms with Gasteiger partial charge < -0.3 is 15.2 Å². The summed E-state index contributed by atoms with van der Waals surface area (Å²) in [5.41, 5.74) is 0.575. The van der Waals surface area contributed by atoms with Crippen LogP contribution in [0.25, 0.3) is 0 Å². The summed E-state index contributed by atoms with van der Waals surface area (Å²) < 4.78 is 5.65. The molecule has 118 valence electrons. The molecule has 4 heteroatoms. The molecule has 0 aromatic heterocycles. The lowest BCUT2D eigenvalue weighted by Crippen LogP contribution is -2.30. The Kier molecular flexibility index (Phi) is 8.51. The molecule has 4 nitrogen and oxygen atoms in total. The van der Waals surface area contributed by atoms with Crippen LogP contribution in [0.4, 0.5) is 0 Å². The molecule has 0 heterocycles. The molecule has 1 rings (SSSR count). The molecular weight excluding hydrogens is 266 g/mol. The number of aliphatic hydroxyl groups excluding tert-OH is 1. The van der Waals surface area contributed by atoms with Gasteiger partial charge in [0.2, 0.25) is 0 Å². The molecule has 21 heavy (non-hydrogen) atoms. The number of carbonyl (C=O) groups is 1. The van der Waals surface area contributed by atoms with Gasteiger partial charge in [0.25, 0.3) is 5.91 Å². The zero-order valence-corrected chi connectivity index (χ0v) is 13.1. The number of aliphatic hydroxyl groups is 1. The SMILES string of the molecule is CCCCCCCOc1ccc(C(=O)NC[C@@H](C)O)cc1. The maximum atomic E-state index is 11.8. The monoisotopic (exact) mass is 293 g/mol. The fourth-order valence-electron chi connectivity index (χ4n) is 1.94. The second kappa shape index (κ2) is 10.2. The topological polar surface area (TPSA) is 58.6 Å². The van der Waals surface area contributed by atoms with Crippen molar-refractivity contribution in [1.82, 2.24) is 5.32 Å². The van der Waals surface area contributed by atoms with Crippen LogP contribution in [0.3, 0.4) is 0 Å². The Morgan fingerprint density at radius 2 is 1.86 bits per heavy atom. The number of unbranched alkanes of at least 4 members (excludes halogenated alkanes) is 4. The first-order valence-electron chi connectivity index (χ1n) is 7.82. The van der Waals surface area contributed by atoms with Gasteiger partial charge in [0.05, 0.1) is 12.7 Å². The van der Waals surface area contributed by atoms with Crippen molar-refractivity contribution < 1.29 is 14.6 Å². The number of ether oxygens (including phenoxy) is 1. The van der Waals surface area contributed by atoms with Gasteiger partial charge in [-0.1, -0.05) is 32.6 Å². The molecule has 1 amide bonds. The number of amides is 1. The summed E-state index contributed by atoms with van der Waals surface area (Å²) in [6.07, 6.45) is 5.53. The van der Waals surface area contributed by atoms with Gasteiger partial charge in [0.15, 0.2) is 0 Å².